The number of carbonyl (C=O) groups excluding carboxylic acids is 1. The topological polar surface area (TPSA) is 38.3 Å². The summed E-state index contributed by atoms with van der Waals surface area (Å²) in [6, 6.07) is 4.93. The second kappa shape index (κ2) is 7.23. The van der Waals surface area contributed by atoms with E-state index in [1.807, 2.05) is 0 Å². The first-order valence-corrected chi connectivity index (χ1v) is 6.16. The molecule has 106 valence electrons. The Hall–Kier alpha value is -1.43. The summed E-state index contributed by atoms with van der Waals surface area (Å²) >= 11 is 5.48. The Labute approximate surface area is 113 Å². The van der Waals surface area contributed by atoms with E-state index < -0.39 is 18.0 Å². The number of hydrogen-bond donors (Lipinski definition) is 1. The number of halogens is 4. The minimum absolute atomic E-state index is 0.118. The predicted octanol–water partition coefficient (Wildman–Crippen LogP) is 3.33. The fraction of sp³-hybridized carbons (Fsp3) is 0.417. The van der Waals surface area contributed by atoms with Crippen LogP contribution in [-0.4, -0.2) is 24.7 Å². The Balaban J connectivity index is 2.58. The van der Waals surface area contributed by atoms with Gasteiger partial charge in [0.1, 0.15) is 5.75 Å². The molecule has 1 rings (SSSR count). The monoisotopic (exact) mass is 295 g/mol. The quantitative estimate of drug-likeness (QED) is 0.646. The molecule has 0 atom stereocenters. The van der Waals surface area contributed by atoms with Gasteiger partial charge in [-0.2, -0.15) is 0 Å². The highest BCUT2D eigenvalue weighted by Gasteiger charge is 2.31. The molecule has 0 spiro atoms. The molecule has 0 saturated carbocycles. The number of rotatable bonds is 6. The molecule has 3 nitrogen and oxygen atoms in total. The Morgan fingerprint density at radius 1 is 1.32 bits per heavy atom. The summed E-state index contributed by atoms with van der Waals surface area (Å²) in [5.74, 6) is -0.353. The molecule has 0 aliphatic rings. The number of ether oxygens (including phenoxy) is 1. The molecule has 19 heavy (non-hydrogen) atoms. The van der Waals surface area contributed by atoms with Gasteiger partial charge in [-0.1, -0.05) is 6.07 Å². The van der Waals surface area contributed by atoms with Crippen LogP contribution in [0.1, 0.15) is 23.2 Å². The molecule has 7 heteroatoms. The van der Waals surface area contributed by atoms with Gasteiger partial charge in [-0.25, -0.2) is 0 Å². The SMILES string of the molecule is O=C(NCCCCCl)c1cccc(OC(F)(F)F)c1. The highest BCUT2D eigenvalue weighted by Crippen LogP contribution is 2.23. The molecule has 0 saturated heterocycles. The van der Waals surface area contributed by atoms with Gasteiger partial charge in [0, 0.05) is 18.0 Å². The van der Waals surface area contributed by atoms with Crippen molar-refractivity contribution in [1.29, 1.82) is 0 Å². The van der Waals surface area contributed by atoms with Crippen molar-refractivity contribution >= 4 is 17.5 Å². The molecule has 1 amide bonds. The van der Waals surface area contributed by atoms with Crippen molar-refractivity contribution in [2.24, 2.45) is 0 Å². The molecule has 0 aliphatic heterocycles. The highest BCUT2D eigenvalue weighted by molar-refractivity contribution is 6.17. The molecule has 0 aliphatic carbocycles. The molecule has 0 fully saturated rings. The van der Waals surface area contributed by atoms with Crippen molar-refractivity contribution in [2.75, 3.05) is 12.4 Å². The molecular formula is C12H13ClF3NO2. The fourth-order valence-electron chi connectivity index (χ4n) is 1.36. The second-order valence-corrected chi connectivity index (χ2v) is 4.11. The average molecular weight is 296 g/mol. The Kier molecular flexibility index (Phi) is 5.95. The Morgan fingerprint density at radius 2 is 2.05 bits per heavy atom. The third-order valence-electron chi connectivity index (χ3n) is 2.18. The zero-order chi connectivity index (χ0) is 14.3. The van der Waals surface area contributed by atoms with Crippen LogP contribution in [0.5, 0.6) is 5.75 Å². The van der Waals surface area contributed by atoms with Gasteiger partial charge in [0.2, 0.25) is 0 Å². The Morgan fingerprint density at radius 3 is 2.68 bits per heavy atom. The zero-order valence-corrected chi connectivity index (χ0v) is 10.7. The van der Waals surface area contributed by atoms with Crippen LogP contribution in [0, 0.1) is 0 Å². The maximum atomic E-state index is 12.0. The van der Waals surface area contributed by atoms with Crippen LogP contribution in [0.4, 0.5) is 13.2 Å². The third kappa shape index (κ3) is 6.33. The zero-order valence-electron chi connectivity index (χ0n) is 9.97. The van der Waals surface area contributed by atoms with E-state index in [2.05, 4.69) is 10.1 Å². The lowest BCUT2D eigenvalue weighted by Crippen LogP contribution is -2.24. The van der Waals surface area contributed by atoms with Gasteiger partial charge in [-0.3, -0.25) is 4.79 Å². The van der Waals surface area contributed by atoms with E-state index in [4.69, 9.17) is 11.6 Å². The van der Waals surface area contributed by atoms with Crippen molar-refractivity contribution in [3.8, 4) is 5.75 Å². The number of amides is 1. The van der Waals surface area contributed by atoms with Crippen molar-refractivity contribution < 1.29 is 22.7 Å². The van der Waals surface area contributed by atoms with Crippen molar-refractivity contribution in [3.63, 3.8) is 0 Å². The highest BCUT2D eigenvalue weighted by atomic mass is 35.5. The lowest BCUT2D eigenvalue weighted by molar-refractivity contribution is -0.274. The van der Waals surface area contributed by atoms with E-state index >= 15 is 0 Å². The second-order valence-electron chi connectivity index (χ2n) is 3.73. The predicted molar refractivity (Wildman–Crippen MR) is 65.4 cm³/mol. The minimum Gasteiger partial charge on any atom is -0.406 e. The molecular weight excluding hydrogens is 283 g/mol. The first-order chi connectivity index (χ1) is 8.92. The number of nitrogens with one attached hydrogen (secondary N) is 1. The molecule has 1 aromatic rings. The smallest absolute Gasteiger partial charge is 0.406 e. The fourth-order valence-corrected chi connectivity index (χ4v) is 1.55. The maximum absolute atomic E-state index is 12.0. The van der Waals surface area contributed by atoms with E-state index in [0.717, 1.165) is 18.6 Å². The summed E-state index contributed by atoms with van der Waals surface area (Å²) in [6.07, 6.45) is -3.29. The van der Waals surface area contributed by atoms with Crippen LogP contribution in [-0.2, 0) is 0 Å². The van der Waals surface area contributed by atoms with Crippen molar-refractivity contribution in [2.45, 2.75) is 19.2 Å². The molecule has 0 radical (unpaired) electrons. The standard InChI is InChI=1S/C12H13ClF3NO2/c13-6-1-2-7-17-11(18)9-4-3-5-10(8-9)19-12(14,15)16/h3-5,8H,1-2,6-7H2,(H,17,18). The Bertz CT molecular complexity index is 424. The van der Waals surface area contributed by atoms with Gasteiger partial charge >= 0.3 is 6.36 Å². The summed E-state index contributed by atoms with van der Waals surface area (Å²) in [5.41, 5.74) is 0.118. The molecule has 0 bridgehead atoms. The van der Waals surface area contributed by atoms with E-state index in [1.165, 1.54) is 12.1 Å². The molecule has 0 unspecified atom stereocenters. The lowest BCUT2D eigenvalue weighted by atomic mass is 10.2. The molecule has 0 aromatic heterocycles. The van der Waals surface area contributed by atoms with Crippen molar-refractivity contribution in [1.82, 2.24) is 5.32 Å². The maximum Gasteiger partial charge on any atom is 0.573 e. The number of hydrogen-bond acceptors (Lipinski definition) is 2. The molecule has 1 N–H and O–H groups in total. The number of unbranched alkanes of at least 4 members (excludes halogenated alkanes) is 1. The first-order valence-electron chi connectivity index (χ1n) is 5.62. The summed E-state index contributed by atoms with van der Waals surface area (Å²) < 4.78 is 39.8. The van der Waals surface area contributed by atoms with Crippen molar-refractivity contribution in [3.05, 3.63) is 29.8 Å². The van der Waals surface area contributed by atoms with Crippen LogP contribution in [0.2, 0.25) is 0 Å². The van der Waals surface area contributed by atoms with Crippen LogP contribution in [0.25, 0.3) is 0 Å². The largest absolute Gasteiger partial charge is 0.573 e. The average Bonchev–Trinajstić information content (AvgIpc) is 2.32. The van der Waals surface area contributed by atoms with Gasteiger partial charge < -0.3 is 10.1 Å². The van der Waals surface area contributed by atoms with Crippen LogP contribution >= 0.6 is 11.6 Å². The molecule has 1 aromatic carbocycles. The number of benzene rings is 1. The molecule has 0 heterocycles. The number of alkyl halides is 4. The normalized spacial score (nSPS) is 11.2. The van der Waals surface area contributed by atoms with E-state index in [0.29, 0.717) is 18.8 Å². The minimum atomic E-state index is -4.77. The van der Waals surface area contributed by atoms with Gasteiger partial charge in [0.05, 0.1) is 0 Å². The van der Waals surface area contributed by atoms with E-state index in [-0.39, 0.29) is 5.56 Å². The van der Waals surface area contributed by atoms with Gasteiger partial charge in [0.25, 0.3) is 5.91 Å². The summed E-state index contributed by atoms with van der Waals surface area (Å²) in [5, 5.41) is 2.59. The van der Waals surface area contributed by atoms with Gasteiger partial charge in [-0.15, -0.1) is 24.8 Å². The lowest BCUT2D eigenvalue weighted by Gasteiger charge is -2.10. The summed E-state index contributed by atoms with van der Waals surface area (Å²) in [6.45, 7) is 0.426. The third-order valence-corrected chi connectivity index (χ3v) is 2.44. The van der Waals surface area contributed by atoms with E-state index in [1.54, 1.807) is 0 Å². The first kappa shape index (κ1) is 15.6. The summed E-state index contributed by atoms with van der Waals surface area (Å²) in [4.78, 5) is 11.6. The van der Waals surface area contributed by atoms with Crippen LogP contribution in [0.3, 0.4) is 0 Å². The van der Waals surface area contributed by atoms with Crippen LogP contribution in [0.15, 0.2) is 24.3 Å². The number of carbonyl (C=O) groups is 1. The summed E-state index contributed by atoms with van der Waals surface area (Å²) in [7, 11) is 0. The van der Waals surface area contributed by atoms with Gasteiger partial charge in [0.15, 0.2) is 0 Å². The van der Waals surface area contributed by atoms with Gasteiger partial charge in [-0.05, 0) is 31.0 Å². The van der Waals surface area contributed by atoms with E-state index in [9.17, 15) is 18.0 Å². The van der Waals surface area contributed by atoms with Crippen LogP contribution < -0.4 is 10.1 Å².